The maximum atomic E-state index is 10.3. The van der Waals surface area contributed by atoms with Crippen LogP contribution in [0.15, 0.2) is 12.7 Å². The van der Waals surface area contributed by atoms with Gasteiger partial charge in [-0.2, -0.15) is 0 Å². The second-order valence-electron chi connectivity index (χ2n) is 1.32. The fraction of sp³-hybridized carbons (Fsp3) is 0.200. The third-order valence-electron chi connectivity index (χ3n) is 0.633. The van der Waals surface area contributed by atoms with Crippen molar-refractivity contribution in [1.82, 2.24) is 5.32 Å². The Bertz CT molecular complexity index is 144. The molecule has 0 aromatic heterocycles. The summed E-state index contributed by atoms with van der Waals surface area (Å²) in [6.07, 6.45) is 1.01. The van der Waals surface area contributed by atoms with Crippen LogP contribution in [0.5, 0.6) is 0 Å². The molecule has 0 atom stereocenters. The van der Waals surface area contributed by atoms with Gasteiger partial charge in [-0.3, -0.25) is 14.9 Å². The Morgan fingerprint density at radius 1 is 1.60 bits per heavy atom. The molecule has 2 amide bonds. The number of rotatable bonds is 2. The predicted octanol–water partition coefficient (Wildman–Crippen LogP) is -2.05. The standard InChI is InChI=1S/C5H8N2O2.H2O/c1-2-4(8)7-5(9)3-6;/h2H,1,3,6H2,(H,7,8,9);1H2. The second kappa shape index (κ2) is 5.93. The summed E-state index contributed by atoms with van der Waals surface area (Å²) in [5, 5.41) is 1.96. The van der Waals surface area contributed by atoms with Crippen molar-refractivity contribution in [2.45, 2.75) is 0 Å². The summed E-state index contributed by atoms with van der Waals surface area (Å²) in [5.74, 6) is -1.02. The number of hydrogen-bond acceptors (Lipinski definition) is 3. The van der Waals surface area contributed by atoms with Gasteiger partial charge in [0.1, 0.15) is 0 Å². The molecule has 5 N–H and O–H groups in total. The fourth-order valence-electron chi connectivity index (χ4n) is 0.239. The van der Waals surface area contributed by atoms with Crippen LogP contribution in [0.2, 0.25) is 0 Å². The molecule has 0 aromatic carbocycles. The largest absolute Gasteiger partial charge is 0.412 e. The molecule has 0 rings (SSSR count). The molecule has 5 heteroatoms. The molecule has 0 fully saturated rings. The number of imide groups is 1. The maximum absolute atomic E-state index is 10.3. The van der Waals surface area contributed by atoms with Crippen LogP contribution in [0.25, 0.3) is 0 Å². The molecule has 0 heterocycles. The Morgan fingerprint density at radius 2 is 2.10 bits per heavy atom. The molecular weight excluding hydrogens is 136 g/mol. The van der Waals surface area contributed by atoms with Gasteiger partial charge in [0.05, 0.1) is 6.54 Å². The first-order valence-corrected chi connectivity index (χ1v) is 2.37. The molecule has 58 valence electrons. The zero-order chi connectivity index (χ0) is 7.28. The zero-order valence-corrected chi connectivity index (χ0v) is 5.39. The van der Waals surface area contributed by atoms with E-state index in [-0.39, 0.29) is 12.0 Å². The summed E-state index contributed by atoms with van der Waals surface area (Å²) < 4.78 is 0. The highest BCUT2D eigenvalue weighted by Crippen LogP contribution is 1.64. The van der Waals surface area contributed by atoms with Gasteiger partial charge in [0.2, 0.25) is 11.8 Å². The normalized spacial score (nSPS) is 7.30. The highest BCUT2D eigenvalue weighted by atomic mass is 16.2. The van der Waals surface area contributed by atoms with E-state index in [1.54, 1.807) is 0 Å². The van der Waals surface area contributed by atoms with Gasteiger partial charge in [0.15, 0.2) is 0 Å². The minimum Gasteiger partial charge on any atom is -0.412 e. The van der Waals surface area contributed by atoms with E-state index < -0.39 is 11.8 Å². The molecule has 0 aromatic rings. The number of carbonyl (C=O) groups excluding carboxylic acids is 2. The lowest BCUT2D eigenvalue weighted by molar-refractivity contribution is -0.127. The SMILES string of the molecule is C=CC(=O)NC(=O)CN.O. The molecule has 0 aliphatic rings. The van der Waals surface area contributed by atoms with Gasteiger partial charge in [0, 0.05) is 0 Å². The van der Waals surface area contributed by atoms with Crippen LogP contribution >= 0.6 is 0 Å². The Kier molecular flexibility index (Phi) is 6.86. The van der Waals surface area contributed by atoms with Crippen molar-refractivity contribution < 1.29 is 15.1 Å². The average molecular weight is 146 g/mol. The molecule has 5 nitrogen and oxygen atoms in total. The van der Waals surface area contributed by atoms with Crippen LogP contribution in [0.1, 0.15) is 0 Å². The van der Waals surface area contributed by atoms with Gasteiger partial charge in [-0.1, -0.05) is 6.58 Å². The molecule has 0 spiro atoms. The van der Waals surface area contributed by atoms with Crippen molar-refractivity contribution >= 4 is 11.8 Å². The lowest BCUT2D eigenvalue weighted by Crippen LogP contribution is -2.34. The van der Waals surface area contributed by atoms with Crippen LogP contribution in [-0.4, -0.2) is 23.8 Å². The molecule has 0 saturated carbocycles. The van der Waals surface area contributed by atoms with E-state index in [9.17, 15) is 9.59 Å². The van der Waals surface area contributed by atoms with Gasteiger partial charge in [-0.25, -0.2) is 0 Å². The number of carbonyl (C=O) groups is 2. The van der Waals surface area contributed by atoms with Gasteiger partial charge in [-0.05, 0) is 6.08 Å². The van der Waals surface area contributed by atoms with Gasteiger partial charge < -0.3 is 11.2 Å². The smallest absolute Gasteiger partial charge is 0.249 e. The van der Waals surface area contributed by atoms with Gasteiger partial charge in [-0.15, -0.1) is 0 Å². The summed E-state index contributed by atoms with van der Waals surface area (Å²) in [7, 11) is 0. The van der Waals surface area contributed by atoms with Crippen molar-refractivity contribution in [3.63, 3.8) is 0 Å². The van der Waals surface area contributed by atoms with E-state index in [0.717, 1.165) is 6.08 Å². The lowest BCUT2D eigenvalue weighted by Gasteiger charge is -1.93. The number of hydrogen-bond donors (Lipinski definition) is 2. The first kappa shape index (κ1) is 11.6. The van der Waals surface area contributed by atoms with Crippen LogP contribution in [0.3, 0.4) is 0 Å². The maximum Gasteiger partial charge on any atom is 0.249 e. The highest BCUT2D eigenvalue weighted by Gasteiger charge is 1.98. The van der Waals surface area contributed by atoms with Crippen molar-refractivity contribution in [2.75, 3.05) is 6.54 Å². The quantitative estimate of drug-likeness (QED) is 0.438. The summed E-state index contributed by atoms with van der Waals surface area (Å²) in [5.41, 5.74) is 4.88. The molecule has 0 radical (unpaired) electrons. The minimum atomic E-state index is -0.523. The van der Waals surface area contributed by atoms with E-state index in [1.807, 2.05) is 5.32 Å². The van der Waals surface area contributed by atoms with Crippen LogP contribution < -0.4 is 11.1 Å². The Labute approximate surface area is 58.2 Å². The third-order valence-corrected chi connectivity index (χ3v) is 0.633. The van der Waals surface area contributed by atoms with Gasteiger partial charge in [0.25, 0.3) is 0 Å². The van der Waals surface area contributed by atoms with Crippen molar-refractivity contribution in [2.24, 2.45) is 5.73 Å². The monoisotopic (exact) mass is 146 g/mol. The second-order valence-corrected chi connectivity index (χ2v) is 1.32. The van der Waals surface area contributed by atoms with Crippen molar-refractivity contribution in [1.29, 1.82) is 0 Å². The molecule has 10 heavy (non-hydrogen) atoms. The molecule has 0 aliphatic heterocycles. The Hall–Kier alpha value is -1.20. The Balaban J connectivity index is 0. The molecule has 0 saturated heterocycles. The number of nitrogens with two attached hydrogens (primary N) is 1. The third kappa shape index (κ3) is 4.95. The summed E-state index contributed by atoms with van der Waals surface area (Å²) in [6, 6.07) is 0. The highest BCUT2D eigenvalue weighted by molar-refractivity contribution is 6.01. The first-order chi connectivity index (χ1) is 4.20. The summed E-state index contributed by atoms with van der Waals surface area (Å²) in [4.78, 5) is 20.6. The van der Waals surface area contributed by atoms with E-state index in [2.05, 4.69) is 6.58 Å². The van der Waals surface area contributed by atoms with E-state index >= 15 is 0 Å². The Morgan fingerprint density at radius 3 is 2.40 bits per heavy atom. The van der Waals surface area contributed by atoms with Crippen molar-refractivity contribution in [3.8, 4) is 0 Å². The molecular formula is C5H10N2O3. The minimum absolute atomic E-state index is 0. The number of amides is 2. The van der Waals surface area contributed by atoms with Crippen LogP contribution in [-0.2, 0) is 9.59 Å². The summed E-state index contributed by atoms with van der Waals surface area (Å²) >= 11 is 0. The zero-order valence-electron chi connectivity index (χ0n) is 5.39. The fourth-order valence-corrected chi connectivity index (χ4v) is 0.239. The van der Waals surface area contributed by atoms with Crippen LogP contribution in [0.4, 0.5) is 0 Å². The number of nitrogens with one attached hydrogen (secondary N) is 1. The van der Waals surface area contributed by atoms with Gasteiger partial charge >= 0.3 is 0 Å². The molecule has 0 aliphatic carbocycles. The molecule has 0 unspecified atom stereocenters. The average Bonchev–Trinajstić information content (AvgIpc) is 1.87. The van der Waals surface area contributed by atoms with Crippen molar-refractivity contribution in [3.05, 3.63) is 12.7 Å². The summed E-state index contributed by atoms with van der Waals surface area (Å²) in [6.45, 7) is 2.96. The van der Waals surface area contributed by atoms with E-state index in [0.29, 0.717) is 0 Å². The molecule has 0 bridgehead atoms. The lowest BCUT2D eigenvalue weighted by atomic mass is 10.5. The van der Waals surface area contributed by atoms with Crippen LogP contribution in [0, 0.1) is 0 Å². The topological polar surface area (TPSA) is 104 Å². The first-order valence-electron chi connectivity index (χ1n) is 2.37. The van der Waals surface area contributed by atoms with E-state index in [4.69, 9.17) is 5.73 Å². The predicted molar refractivity (Wildman–Crippen MR) is 36.0 cm³/mol. The van der Waals surface area contributed by atoms with E-state index in [1.165, 1.54) is 0 Å².